The molecule has 1 aliphatic heterocycles. The fourth-order valence-corrected chi connectivity index (χ4v) is 3.80. The average Bonchev–Trinajstić information content (AvgIpc) is 2.99. The van der Waals surface area contributed by atoms with Crippen LogP contribution in [0.15, 0.2) is 59.4 Å². The molecule has 0 aliphatic carbocycles. The van der Waals surface area contributed by atoms with Crippen LogP contribution in [0.3, 0.4) is 0 Å². The Labute approximate surface area is 157 Å². The molecule has 1 atom stereocenters. The van der Waals surface area contributed by atoms with E-state index in [-0.39, 0.29) is 24.1 Å². The number of para-hydroxylation sites is 1. The van der Waals surface area contributed by atoms with Gasteiger partial charge in [0.15, 0.2) is 0 Å². The van der Waals surface area contributed by atoms with Gasteiger partial charge in [-0.25, -0.2) is 4.68 Å². The Bertz CT molecular complexity index is 977. The Hall–Kier alpha value is -2.86. The first kappa shape index (κ1) is 17.5. The molecular formula is C21H24N4O2. The van der Waals surface area contributed by atoms with Gasteiger partial charge in [-0.1, -0.05) is 42.5 Å². The van der Waals surface area contributed by atoms with Crippen molar-refractivity contribution >= 4 is 16.8 Å². The van der Waals surface area contributed by atoms with Gasteiger partial charge in [0.1, 0.15) is 6.54 Å². The lowest BCUT2D eigenvalue weighted by atomic mass is 10.0. The number of nitrogens with zero attached hydrogens (tertiary/aromatic N) is 2. The topological polar surface area (TPSA) is 70.1 Å². The highest BCUT2D eigenvalue weighted by Crippen LogP contribution is 2.14. The maximum atomic E-state index is 12.5. The minimum Gasteiger partial charge on any atom is -0.350 e. The lowest BCUT2D eigenvalue weighted by Crippen LogP contribution is -2.48. The Kier molecular flexibility index (Phi) is 5.07. The molecule has 0 spiro atoms. The summed E-state index contributed by atoms with van der Waals surface area (Å²) in [5, 5.41) is 6.71. The number of carbonyl (C=O) groups excluding carboxylic acids is 1. The van der Waals surface area contributed by atoms with Crippen molar-refractivity contribution in [2.45, 2.75) is 32.0 Å². The van der Waals surface area contributed by atoms with Crippen molar-refractivity contribution in [1.29, 1.82) is 0 Å². The van der Waals surface area contributed by atoms with Crippen LogP contribution < -0.4 is 10.9 Å². The van der Waals surface area contributed by atoms with Gasteiger partial charge >= 0.3 is 0 Å². The number of piperidine rings is 1. The first-order chi connectivity index (χ1) is 13.2. The molecule has 0 saturated carbocycles. The van der Waals surface area contributed by atoms with E-state index in [4.69, 9.17) is 0 Å². The fraction of sp³-hybridized carbons (Fsp3) is 0.333. The third-order valence-corrected chi connectivity index (χ3v) is 5.08. The van der Waals surface area contributed by atoms with Gasteiger partial charge in [0.2, 0.25) is 5.91 Å². The highest BCUT2D eigenvalue weighted by atomic mass is 16.2. The predicted molar refractivity (Wildman–Crippen MR) is 105 cm³/mol. The Morgan fingerprint density at radius 3 is 2.70 bits per heavy atom. The Balaban J connectivity index is 1.36. The normalized spacial score (nSPS) is 17.9. The zero-order valence-electron chi connectivity index (χ0n) is 15.2. The van der Waals surface area contributed by atoms with Crippen LogP contribution in [0, 0.1) is 0 Å². The number of nitrogens with one attached hydrogen (secondary N) is 2. The number of hydrogen-bond donors (Lipinski definition) is 2. The number of aromatic amines is 1. The van der Waals surface area contributed by atoms with E-state index in [9.17, 15) is 9.59 Å². The number of carbonyl (C=O) groups is 1. The van der Waals surface area contributed by atoms with Crippen LogP contribution in [0.25, 0.3) is 10.9 Å². The number of hydrogen-bond acceptors (Lipinski definition) is 3. The van der Waals surface area contributed by atoms with Crippen LogP contribution >= 0.6 is 0 Å². The number of benzene rings is 2. The van der Waals surface area contributed by atoms with Gasteiger partial charge in [0.25, 0.3) is 5.56 Å². The molecule has 1 aliphatic rings. The summed E-state index contributed by atoms with van der Waals surface area (Å²) in [5.41, 5.74) is 1.88. The molecule has 1 fully saturated rings. The molecule has 1 amide bonds. The van der Waals surface area contributed by atoms with Crippen molar-refractivity contribution in [3.63, 3.8) is 0 Å². The largest absolute Gasteiger partial charge is 0.350 e. The molecule has 140 valence electrons. The van der Waals surface area contributed by atoms with E-state index in [0.29, 0.717) is 5.39 Å². The number of amides is 1. The molecule has 4 rings (SSSR count). The molecule has 6 nitrogen and oxygen atoms in total. The van der Waals surface area contributed by atoms with E-state index in [2.05, 4.69) is 39.6 Å². The summed E-state index contributed by atoms with van der Waals surface area (Å²) in [5.74, 6) is -0.129. The second kappa shape index (κ2) is 7.80. The van der Waals surface area contributed by atoms with Crippen LogP contribution in [0.1, 0.15) is 18.4 Å². The molecule has 0 unspecified atom stereocenters. The van der Waals surface area contributed by atoms with Crippen molar-refractivity contribution in [2.75, 3.05) is 13.1 Å². The smallest absolute Gasteiger partial charge is 0.274 e. The summed E-state index contributed by atoms with van der Waals surface area (Å²) < 4.78 is 1.38. The van der Waals surface area contributed by atoms with E-state index in [1.165, 1.54) is 10.2 Å². The molecule has 3 aromatic rings. The summed E-state index contributed by atoms with van der Waals surface area (Å²) >= 11 is 0. The number of H-pyrrole nitrogens is 1. The van der Waals surface area contributed by atoms with Gasteiger partial charge in [-0.3, -0.25) is 19.6 Å². The van der Waals surface area contributed by atoms with E-state index in [1.54, 1.807) is 6.07 Å². The predicted octanol–water partition coefficient (Wildman–Crippen LogP) is 2.11. The van der Waals surface area contributed by atoms with Crippen LogP contribution in [0.5, 0.6) is 0 Å². The molecule has 1 aromatic heterocycles. The SMILES string of the molecule is O=C(Cn1[nH]c2ccccc2c1=O)N[C@H]1CCCN(Cc2ccccc2)C1. The molecule has 2 N–H and O–H groups in total. The summed E-state index contributed by atoms with van der Waals surface area (Å²) in [6.07, 6.45) is 2.03. The summed E-state index contributed by atoms with van der Waals surface area (Å²) in [4.78, 5) is 27.2. The third kappa shape index (κ3) is 4.11. The van der Waals surface area contributed by atoms with Gasteiger partial charge < -0.3 is 5.32 Å². The van der Waals surface area contributed by atoms with Gasteiger partial charge in [0.05, 0.1) is 10.9 Å². The second-order valence-electron chi connectivity index (χ2n) is 7.18. The molecule has 2 heterocycles. The second-order valence-corrected chi connectivity index (χ2v) is 7.18. The van der Waals surface area contributed by atoms with Gasteiger partial charge in [-0.05, 0) is 37.1 Å². The summed E-state index contributed by atoms with van der Waals surface area (Å²) in [6.45, 7) is 2.79. The van der Waals surface area contributed by atoms with Crippen molar-refractivity contribution < 1.29 is 4.79 Å². The number of fused-ring (bicyclic) bond motifs is 1. The quantitative estimate of drug-likeness (QED) is 0.728. The monoisotopic (exact) mass is 364 g/mol. The summed E-state index contributed by atoms with van der Waals surface area (Å²) in [6, 6.07) is 17.8. The first-order valence-corrected chi connectivity index (χ1v) is 9.42. The number of rotatable bonds is 5. The fourth-order valence-electron chi connectivity index (χ4n) is 3.80. The maximum Gasteiger partial charge on any atom is 0.274 e. The number of likely N-dealkylation sites (tertiary alicyclic amines) is 1. The molecule has 27 heavy (non-hydrogen) atoms. The van der Waals surface area contributed by atoms with Crippen molar-refractivity contribution in [3.05, 3.63) is 70.5 Å². The van der Waals surface area contributed by atoms with Crippen LogP contribution in [-0.4, -0.2) is 39.7 Å². The Morgan fingerprint density at radius 2 is 1.89 bits per heavy atom. The van der Waals surface area contributed by atoms with Gasteiger partial charge in [-0.2, -0.15) is 0 Å². The zero-order valence-corrected chi connectivity index (χ0v) is 15.2. The van der Waals surface area contributed by atoms with Crippen molar-refractivity contribution in [1.82, 2.24) is 20.0 Å². The molecule has 6 heteroatoms. The standard InChI is InChI=1S/C21H24N4O2/c26-20(15-25-21(27)18-10-4-5-11-19(18)23-25)22-17-9-6-12-24(14-17)13-16-7-2-1-3-8-16/h1-5,7-8,10-11,17,23H,6,9,12-15H2,(H,22,26)/t17-/m0/s1. The van der Waals surface area contributed by atoms with Gasteiger partial charge in [-0.15, -0.1) is 0 Å². The zero-order chi connectivity index (χ0) is 18.6. The molecule has 1 saturated heterocycles. The van der Waals surface area contributed by atoms with E-state index in [1.807, 2.05) is 24.3 Å². The van der Waals surface area contributed by atoms with E-state index < -0.39 is 0 Å². The summed E-state index contributed by atoms with van der Waals surface area (Å²) in [7, 11) is 0. The third-order valence-electron chi connectivity index (χ3n) is 5.08. The van der Waals surface area contributed by atoms with E-state index in [0.717, 1.165) is 38.0 Å². The van der Waals surface area contributed by atoms with Gasteiger partial charge in [0, 0.05) is 19.1 Å². The van der Waals surface area contributed by atoms with E-state index >= 15 is 0 Å². The van der Waals surface area contributed by atoms with Crippen LogP contribution in [0.4, 0.5) is 0 Å². The molecule has 2 aromatic carbocycles. The first-order valence-electron chi connectivity index (χ1n) is 9.42. The lowest BCUT2D eigenvalue weighted by Gasteiger charge is -2.33. The minimum absolute atomic E-state index is 0.0166. The molecule has 0 radical (unpaired) electrons. The maximum absolute atomic E-state index is 12.5. The number of aromatic nitrogens is 2. The molecular weight excluding hydrogens is 340 g/mol. The highest BCUT2D eigenvalue weighted by Gasteiger charge is 2.22. The highest BCUT2D eigenvalue weighted by molar-refractivity contribution is 5.79. The average molecular weight is 364 g/mol. The minimum atomic E-state index is -0.157. The Morgan fingerprint density at radius 1 is 1.11 bits per heavy atom. The van der Waals surface area contributed by atoms with Crippen molar-refractivity contribution in [3.8, 4) is 0 Å². The molecule has 0 bridgehead atoms. The van der Waals surface area contributed by atoms with Crippen LogP contribution in [0.2, 0.25) is 0 Å². The van der Waals surface area contributed by atoms with Crippen molar-refractivity contribution in [2.24, 2.45) is 0 Å². The lowest BCUT2D eigenvalue weighted by molar-refractivity contribution is -0.123. The van der Waals surface area contributed by atoms with Crippen LogP contribution in [-0.2, 0) is 17.9 Å².